The van der Waals surface area contributed by atoms with Gasteiger partial charge in [0.1, 0.15) is 0 Å². The number of carbonyl (C=O) groups is 3. The number of halogens is 1. The predicted molar refractivity (Wildman–Crippen MR) is 107 cm³/mol. The fourth-order valence-corrected chi connectivity index (χ4v) is 4.68. The van der Waals surface area contributed by atoms with Gasteiger partial charge in [0.2, 0.25) is 11.8 Å². The van der Waals surface area contributed by atoms with Crippen molar-refractivity contribution in [3.63, 3.8) is 0 Å². The monoisotopic (exact) mass is 451 g/mol. The standard InChI is InChI=1S/C19H18ClN3O6S/c20-15-5-1-12(2-6-15)13-3-7-16(8-4-13)30(28,29)11-14(18(25)22-27)10-23-17(24)9-21-19(23)26/h1-8,14,27H,9-11H2,(H,21,26)(H,22,25). The first-order valence-electron chi connectivity index (χ1n) is 8.82. The van der Waals surface area contributed by atoms with Crippen molar-refractivity contribution in [3.05, 3.63) is 53.6 Å². The molecule has 1 fully saturated rings. The van der Waals surface area contributed by atoms with Crippen LogP contribution in [0, 0.1) is 5.92 Å². The second kappa shape index (κ2) is 8.82. The highest BCUT2D eigenvalue weighted by Gasteiger charge is 2.35. The lowest BCUT2D eigenvalue weighted by Gasteiger charge is -2.20. The quantitative estimate of drug-likeness (QED) is 0.331. The summed E-state index contributed by atoms with van der Waals surface area (Å²) in [5.41, 5.74) is 3.01. The number of hydrogen-bond donors (Lipinski definition) is 3. The molecule has 11 heteroatoms. The summed E-state index contributed by atoms with van der Waals surface area (Å²) >= 11 is 5.87. The smallest absolute Gasteiger partial charge is 0.324 e. The van der Waals surface area contributed by atoms with Crippen LogP contribution in [0.3, 0.4) is 0 Å². The van der Waals surface area contributed by atoms with E-state index in [4.69, 9.17) is 16.8 Å². The number of rotatable bonds is 7. The van der Waals surface area contributed by atoms with Crippen molar-refractivity contribution in [2.75, 3.05) is 18.8 Å². The number of benzene rings is 2. The van der Waals surface area contributed by atoms with Crippen molar-refractivity contribution in [3.8, 4) is 11.1 Å². The highest BCUT2D eigenvalue weighted by Crippen LogP contribution is 2.24. The molecule has 1 atom stereocenters. The maximum absolute atomic E-state index is 12.8. The maximum atomic E-state index is 12.8. The van der Waals surface area contributed by atoms with E-state index in [9.17, 15) is 22.8 Å². The molecule has 2 aromatic carbocycles. The Hall–Kier alpha value is -2.95. The summed E-state index contributed by atoms with van der Waals surface area (Å²) in [6.07, 6.45) is 0. The van der Waals surface area contributed by atoms with E-state index >= 15 is 0 Å². The minimum Gasteiger partial charge on any atom is -0.329 e. The molecule has 1 unspecified atom stereocenters. The molecule has 0 bridgehead atoms. The van der Waals surface area contributed by atoms with E-state index in [0.717, 1.165) is 16.0 Å². The lowest BCUT2D eigenvalue weighted by molar-refractivity contribution is -0.134. The van der Waals surface area contributed by atoms with E-state index in [2.05, 4.69) is 5.32 Å². The average molecular weight is 452 g/mol. The number of hydroxylamine groups is 1. The Morgan fingerprint density at radius 3 is 2.17 bits per heavy atom. The molecular weight excluding hydrogens is 434 g/mol. The van der Waals surface area contributed by atoms with E-state index in [0.29, 0.717) is 5.02 Å². The van der Waals surface area contributed by atoms with Gasteiger partial charge in [0.25, 0.3) is 0 Å². The molecule has 3 N–H and O–H groups in total. The minimum atomic E-state index is -3.96. The number of nitrogens with one attached hydrogen (secondary N) is 2. The molecule has 4 amide bonds. The Morgan fingerprint density at radius 1 is 1.10 bits per heavy atom. The summed E-state index contributed by atoms with van der Waals surface area (Å²) in [7, 11) is -3.96. The Labute approximate surface area is 177 Å². The molecule has 1 heterocycles. The van der Waals surface area contributed by atoms with Gasteiger partial charge in [-0.1, -0.05) is 35.9 Å². The summed E-state index contributed by atoms with van der Waals surface area (Å²) in [6.45, 7) is -0.704. The second-order valence-corrected chi connectivity index (χ2v) is 9.12. The Balaban J connectivity index is 1.80. The largest absolute Gasteiger partial charge is 0.329 e. The number of nitrogens with zero attached hydrogens (tertiary/aromatic N) is 1. The predicted octanol–water partition coefficient (Wildman–Crippen LogP) is 1.45. The topological polar surface area (TPSA) is 133 Å². The van der Waals surface area contributed by atoms with Crippen molar-refractivity contribution in [2.45, 2.75) is 4.90 Å². The number of imide groups is 1. The highest BCUT2D eigenvalue weighted by molar-refractivity contribution is 7.91. The van der Waals surface area contributed by atoms with Crippen LogP contribution in [0.1, 0.15) is 0 Å². The molecule has 0 spiro atoms. The van der Waals surface area contributed by atoms with Gasteiger partial charge in [-0.15, -0.1) is 0 Å². The van der Waals surface area contributed by atoms with Gasteiger partial charge in [-0.05, 0) is 35.4 Å². The summed E-state index contributed by atoms with van der Waals surface area (Å²) in [4.78, 5) is 36.2. The van der Waals surface area contributed by atoms with Crippen molar-refractivity contribution >= 4 is 39.3 Å². The average Bonchev–Trinajstić information content (AvgIpc) is 3.05. The molecule has 3 rings (SSSR count). The van der Waals surface area contributed by atoms with Gasteiger partial charge in [0.05, 0.1) is 23.1 Å². The molecule has 1 aliphatic heterocycles. The molecule has 0 aromatic heterocycles. The lowest BCUT2D eigenvalue weighted by Crippen LogP contribution is -2.43. The third-order valence-corrected chi connectivity index (χ3v) is 6.72. The Kier molecular flexibility index (Phi) is 6.40. The van der Waals surface area contributed by atoms with E-state index in [1.54, 1.807) is 36.4 Å². The van der Waals surface area contributed by atoms with Crippen molar-refractivity contribution < 1.29 is 28.0 Å². The van der Waals surface area contributed by atoms with Crippen molar-refractivity contribution in [1.29, 1.82) is 0 Å². The molecule has 2 aromatic rings. The molecule has 1 saturated heterocycles. The third kappa shape index (κ3) is 4.78. The molecule has 0 saturated carbocycles. The number of hydrogen-bond acceptors (Lipinski definition) is 6. The molecule has 9 nitrogen and oxygen atoms in total. The number of amides is 4. The van der Waals surface area contributed by atoms with Gasteiger partial charge in [-0.3, -0.25) is 19.7 Å². The fraction of sp³-hybridized carbons (Fsp3) is 0.211. The van der Waals surface area contributed by atoms with Gasteiger partial charge in [-0.25, -0.2) is 18.7 Å². The van der Waals surface area contributed by atoms with Gasteiger partial charge >= 0.3 is 6.03 Å². The summed E-state index contributed by atoms with van der Waals surface area (Å²) in [5, 5.41) is 11.8. The van der Waals surface area contributed by atoms with E-state index in [1.807, 2.05) is 0 Å². The Morgan fingerprint density at radius 2 is 1.67 bits per heavy atom. The van der Waals surface area contributed by atoms with Crippen LogP contribution < -0.4 is 10.8 Å². The zero-order chi connectivity index (χ0) is 21.9. The first kappa shape index (κ1) is 21.8. The van der Waals surface area contributed by atoms with Crippen LogP contribution in [-0.4, -0.2) is 55.2 Å². The zero-order valence-corrected chi connectivity index (χ0v) is 17.1. The maximum Gasteiger partial charge on any atom is 0.324 e. The molecule has 30 heavy (non-hydrogen) atoms. The lowest BCUT2D eigenvalue weighted by atomic mass is 10.1. The molecular formula is C19H18ClN3O6S. The van der Waals surface area contributed by atoms with E-state index in [-0.39, 0.29) is 11.4 Å². The zero-order valence-electron chi connectivity index (χ0n) is 15.5. The number of sulfone groups is 1. The molecule has 1 aliphatic rings. The minimum absolute atomic E-state index is 0.0341. The van der Waals surface area contributed by atoms with E-state index < -0.39 is 45.9 Å². The SMILES string of the molecule is O=C(NO)C(CN1C(=O)CNC1=O)CS(=O)(=O)c1ccc(-c2ccc(Cl)cc2)cc1. The first-order chi connectivity index (χ1) is 14.2. The van der Waals surface area contributed by atoms with Crippen molar-refractivity contribution in [1.82, 2.24) is 15.7 Å². The van der Waals surface area contributed by atoms with Crippen LogP contribution in [0.4, 0.5) is 4.79 Å². The third-order valence-electron chi connectivity index (χ3n) is 4.63. The van der Waals surface area contributed by atoms with Crippen LogP contribution in [0.2, 0.25) is 5.02 Å². The first-order valence-corrected chi connectivity index (χ1v) is 10.8. The van der Waals surface area contributed by atoms with Gasteiger partial charge in [0, 0.05) is 11.6 Å². The fourth-order valence-electron chi connectivity index (χ4n) is 3.02. The summed E-state index contributed by atoms with van der Waals surface area (Å²) in [6, 6.07) is 12.4. The van der Waals surface area contributed by atoms with Crippen LogP contribution in [0.5, 0.6) is 0 Å². The van der Waals surface area contributed by atoms with E-state index in [1.165, 1.54) is 17.6 Å². The van der Waals surface area contributed by atoms with Crippen LogP contribution >= 0.6 is 11.6 Å². The highest BCUT2D eigenvalue weighted by atomic mass is 35.5. The van der Waals surface area contributed by atoms with Gasteiger partial charge < -0.3 is 5.32 Å². The van der Waals surface area contributed by atoms with Crippen LogP contribution in [-0.2, 0) is 19.4 Å². The molecule has 158 valence electrons. The number of carbonyl (C=O) groups excluding carboxylic acids is 3. The van der Waals surface area contributed by atoms with Gasteiger partial charge in [0.15, 0.2) is 9.84 Å². The normalized spacial score (nSPS) is 15.1. The second-order valence-electron chi connectivity index (χ2n) is 6.65. The molecule has 0 radical (unpaired) electrons. The summed E-state index contributed by atoms with van der Waals surface area (Å²) < 4.78 is 25.6. The van der Waals surface area contributed by atoms with Crippen LogP contribution in [0.25, 0.3) is 11.1 Å². The summed E-state index contributed by atoms with van der Waals surface area (Å²) in [5.74, 6) is -3.63. The number of urea groups is 1. The van der Waals surface area contributed by atoms with Gasteiger partial charge in [-0.2, -0.15) is 0 Å². The van der Waals surface area contributed by atoms with Crippen molar-refractivity contribution in [2.24, 2.45) is 5.92 Å². The van der Waals surface area contributed by atoms with Crippen LogP contribution in [0.15, 0.2) is 53.4 Å². The Bertz CT molecular complexity index is 1050. The molecule has 0 aliphatic carbocycles.